The number of hydrogen-bond donors (Lipinski definition) is 1. The molecule has 0 spiro atoms. The molecule has 1 aromatic rings. The molecule has 0 aromatic carbocycles. The van der Waals surface area contributed by atoms with E-state index in [2.05, 4.69) is 11.6 Å². The molecule has 2 heterocycles. The molecule has 1 aromatic heterocycles. The van der Waals surface area contributed by atoms with Crippen LogP contribution in [-0.2, 0) is 16.0 Å². The highest BCUT2D eigenvalue weighted by molar-refractivity contribution is 7.09. The van der Waals surface area contributed by atoms with E-state index >= 15 is 0 Å². The second-order valence-corrected chi connectivity index (χ2v) is 6.59. The maximum absolute atomic E-state index is 12.4. The van der Waals surface area contributed by atoms with E-state index in [0.29, 0.717) is 25.8 Å². The van der Waals surface area contributed by atoms with Crippen LogP contribution in [0.15, 0.2) is 18.0 Å². The molecule has 1 fully saturated rings. The minimum Gasteiger partial charge on any atom is -0.481 e. The third-order valence-electron chi connectivity index (χ3n) is 3.92. The molecule has 1 aliphatic rings. The lowest BCUT2D eigenvalue weighted by Gasteiger charge is -2.39. The molecule has 1 aliphatic heterocycles. The van der Waals surface area contributed by atoms with E-state index in [0.717, 1.165) is 10.7 Å². The lowest BCUT2D eigenvalue weighted by atomic mass is 9.77. The van der Waals surface area contributed by atoms with Crippen LogP contribution in [0.2, 0.25) is 0 Å². The van der Waals surface area contributed by atoms with Crippen molar-refractivity contribution in [1.29, 1.82) is 0 Å². The Morgan fingerprint density at radius 1 is 1.62 bits per heavy atom. The van der Waals surface area contributed by atoms with Gasteiger partial charge in [-0.3, -0.25) is 9.59 Å². The number of aromatic nitrogens is 1. The topological polar surface area (TPSA) is 70.5 Å². The molecule has 1 saturated heterocycles. The molecule has 0 radical (unpaired) electrons. The van der Waals surface area contributed by atoms with Crippen LogP contribution in [0.4, 0.5) is 0 Å². The first-order chi connectivity index (χ1) is 9.97. The second kappa shape index (κ2) is 6.39. The van der Waals surface area contributed by atoms with E-state index in [1.165, 1.54) is 11.3 Å². The summed E-state index contributed by atoms with van der Waals surface area (Å²) in [5.41, 5.74) is -0.120. The van der Waals surface area contributed by atoms with Gasteiger partial charge in [-0.05, 0) is 26.2 Å². The maximum Gasteiger partial charge on any atom is 0.311 e. The zero-order valence-electron chi connectivity index (χ0n) is 12.2. The Labute approximate surface area is 128 Å². The Bertz CT molecular complexity index is 555. The second-order valence-electron chi connectivity index (χ2n) is 5.53. The van der Waals surface area contributed by atoms with Gasteiger partial charge in [0.1, 0.15) is 0 Å². The van der Waals surface area contributed by atoms with Gasteiger partial charge in [0.25, 0.3) is 0 Å². The summed E-state index contributed by atoms with van der Waals surface area (Å²) in [7, 11) is 0. The quantitative estimate of drug-likeness (QED) is 0.847. The number of aryl methyl sites for hydroxylation is 1. The Morgan fingerprint density at radius 3 is 2.95 bits per heavy atom. The van der Waals surface area contributed by atoms with Gasteiger partial charge in [-0.1, -0.05) is 6.08 Å². The number of piperidine rings is 1. The van der Waals surface area contributed by atoms with Crippen LogP contribution in [0.5, 0.6) is 0 Å². The number of carbonyl (C=O) groups is 2. The Hall–Kier alpha value is -1.69. The zero-order chi connectivity index (χ0) is 15.5. The minimum atomic E-state index is -0.881. The number of rotatable bonds is 5. The van der Waals surface area contributed by atoms with Crippen LogP contribution in [-0.4, -0.2) is 40.0 Å². The van der Waals surface area contributed by atoms with Gasteiger partial charge in [-0.25, -0.2) is 4.98 Å². The summed E-state index contributed by atoms with van der Waals surface area (Å²) in [6, 6.07) is 0. The first-order valence-electron chi connectivity index (χ1n) is 7.00. The van der Waals surface area contributed by atoms with Crippen molar-refractivity contribution in [2.24, 2.45) is 5.41 Å². The zero-order valence-corrected chi connectivity index (χ0v) is 13.0. The summed E-state index contributed by atoms with van der Waals surface area (Å²) in [5.74, 6) is -0.890. The van der Waals surface area contributed by atoms with Crippen LogP contribution < -0.4 is 0 Å². The van der Waals surface area contributed by atoms with Gasteiger partial charge >= 0.3 is 5.97 Å². The fourth-order valence-corrected chi connectivity index (χ4v) is 3.42. The average molecular weight is 308 g/mol. The Morgan fingerprint density at radius 2 is 2.38 bits per heavy atom. The van der Waals surface area contributed by atoms with Crippen LogP contribution in [0.1, 0.15) is 30.0 Å². The summed E-state index contributed by atoms with van der Waals surface area (Å²) in [4.78, 5) is 29.9. The third kappa shape index (κ3) is 3.50. The number of likely N-dealkylation sites (tertiary alicyclic amines) is 1. The van der Waals surface area contributed by atoms with Crippen LogP contribution in [0, 0.1) is 12.3 Å². The van der Waals surface area contributed by atoms with Gasteiger partial charge < -0.3 is 10.0 Å². The fraction of sp³-hybridized carbons (Fsp3) is 0.533. The van der Waals surface area contributed by atoms with E-state index < -0.39 is 11.4 Å². The fourth-order valence-electron chi connectivity index (χ4n) is 2.81. The SMILES string of the molecule is C=CC[C@]1(C(=O)O)CCCN(C(=O)Cc2csc(C)n2)C1. The number of carboxylic acids is 1. The molecule has 1 amide bonds. The lowest BCUT2D eigenvalue weighted by molar-refractivity contribution is -0.154. The predicted octanol–water partition coefficient (Wildman–Crippen LogP) is 2.26. The van der Waals surface area contributed by atoms with Crippen molar-refractivity contribution < 1.29 is 14.7 Å². The highest BCUT2D eigenvalue weighted by Gasteiger charge is 2.42. The van der Waals surface area contributed by atoms with Crippen molar-refractivity contribution in [2.45, 2.75) is 32.6 Å². The van der Waals surface area contributed by atoms with E-state index in [9.17, 15) is 14.7 Å². The van der Waals surface area contributed by atoms with Gasteiger partial charge in [-0.2, -0.15) is 0 Å². The molecule has 21 heavy (non-hydrogen) atoms. The normalized spacial score (nSPS) is 22.0. The van der Waals surface area contributed by atoms with Gasteiger partial charge in [0.15, 0.2) is 0 Å². The van der Waals surface area contributed by atoms with E-state index in [1.54, 1.807) is 11.0 Å². The number of thiazole rings is 1. The molecular weight excluding hydrogens is 288 g/mol. The van der Waals surface area contributed by atoms with E-state index in [-0.39, 0.29) is 18.9 Å². The van der Waals surface area contributed by atoms with Crippen molar-refractivity contribution in [3.63, 3.8) is 0 Å². The maximum atomic E-state index is 12.4. The molecule has 5 nitrogen and oxygen atoms in total. The molecule has 0 unspecified atom stereocenters. The highest BCUT2D eigenvalue weighted by atomic mass is 32.1. The van der Waals surface area contributed by atoms with Gasteiger partial charge in [0, 0.05) is 18.5 Å². The van der Waals surface area contributed by atoms with Crippen LogP contribution >= 0.6 is 11.3 Å². The molecule has 114 valence electrons. The van der Waals surface area contributed by atoms with Crippen molar-refractivity contribution >= 4 is 23.2 Å². The molecule has 0 bridgehead atoms. The summed E-state index contributed by atoms with van der Waals surface area (Å²) in [6.07, 6.45) is 3.57. The first-order valence-corrected chi connectivity index (χ1v) is 7.88. The number of aliphatic carboxylic acids is 1. The number of amides is 1. The highest BCUT2D eigenvalue weighted by Crippen LogP contribution is 2.34. The largest absolute Gasteiger partial charge is 0.481 e. The molecular formula is C15H20N2O3S. The molecule has 0 saturated carbocycles. The smallest absolute Gasteiger partial charge is 0.311 e. The van der Waals surface area contributed by atoms with Crippen LogP contribution in [0.25, 0.3) is 0 Å². The molecule has 6 heteroatoms. The minimum absolute atomic E-state index is 0.0466. The number of nitrogens with zero attached hydrogens (tertiary/aromatic N) is 2. The van der Waals surface area contributed by atoms with Crippen molar-refractivity contribution in [1.82, 2.24) is 9.88 Å². The predicted molar refractivity (Wildman–Crippen MR) is 81.3 cm³/mol. The van der Waals surface area contributed by atoms with Crippen molar-refractivity contribution in [3.05, 3.63) is 28.7 Å². The van der Waals surface area contributed by atoms with Crippen molar-refractivity contribution in [3.8, 4) is 0 Å². The molecule has 0 aliphatic carbocycles. The standard InChI is InChI=1S/C15H20N2O3S/c1-3-5-15(14(19)20)6-4-7-17(10-15)13(18)8-12-9-21-11(2)16-12/h3,9H,1,4-8,10H2,2H3,(H,19,20)/t15-/m0/s1. The van der Waals surface area contributed by atoms with E-state index in [1.807, 2.05) is 12.3 Å². The van der Waals surface area contributed by atoms with Gasteiger partial charge in [0.2, 0.25) is 5.91 Å². The lowest BCUT2D eigenvalue weighted by Crippen LogP contribution is -2.50. The number of carboxylic acid groups (broad SMARTS) is 1. The molecule has 1 N–H and O–H groups in total. The summed E-state index contributed by atoms with van der Waals surface area (Å²) >= 11 is 1.52. The Kier molecular flexibility index (Phi) is 4.77. The Balaban J connectivity index is 2.07. The van der Waals surface area contributed by atoms with E-state index in [4.69, 9.17) is 0 Å². The van der Waals surface area contributed by atoms with Gasteiger partial charge in [0.05, 0.1) is 22.5 Å². The summed E-state index contributed by atoms with van der Waals surface area (Å²) in [6.45, 7) is 6.43. The van der Waals surface area contributed by atoms with Crippen molar-refractivity contribution in [2.75, 3.05) is 13.1 Å². The number of allylic oxidation sites excluding steroid dienone is 1. The average Bonchev–Trinajstić information content (AvgIpc) is 2.84. The molecule has 1 atom stereocenters. The summed E-state index contributed by atoms with van der Waals surface area (Å²) < 4.78 is 0. The first kappa shape index (κ1) is 15.7. The van der Waals surface area contributed by atoms with Gasteiger partial charge in [-0.15, -0.1) is 17.9 Å². The monoisotopic (exact) mass is 308 g/mol. The number of hydrogen-bond acceptors (Lipinski definition) is 4. The summed E-state index contributed by atoms with van der Waals surface area (Å²) in [5, 5.41) is 12.3. The van der Waals surface area contributed by atoms with Crippen LogP contribution in [0.3, 0.4) is 0 Å². The third-order valence-corrected chi connectivity index (χ3v) is 4.74. The number of carbonyl (C=O) groups excluding carboxylic acids is 1. The molecule has 2 rings (SSSR count).